The standard InChI is InChI=1S/C53H33N3O2S/c1-32-14-13-17-34(28-32)51-54-50(33-15-3-2-4-16-33)55-52(56-51)35-26-27-40-37-19-6-5-18-36(37)38-20-7-10-23-44(38)53(46(40)29-35)45-24-11-8-21-39(45)42-30-43-41-22-9-12-25-48(41)59(57,58)49(43)31-47(42)53/h2-31H,1H3. The lowest BCUT2D eigenvalue weighted by atomic mass is 9.65. The number of hydrogen-bond acceptors (Lipinski definition) is 5. The number of benzene rings is 8. The van der Waals surface area contributed by atoms with Crippen LogP contribution in [0, 0.1) is 6.92 Å². The minimum Gasteiger partial charge on any atom is -0.218 e. The maximum Gasteiger partial charge on any atom is 0.207 e. The van der Waals surface area contributed by atoms with E-state index in [4.69, 9.17) is 15.0 Å². The third kappa shape index (κ3) is 4.72. The van der Waals surface area contributed by atoms with Crippen molar-refractivity contribution in [2.45, 2.75) is 22.1 Å². The first-order chi connectivity index (χ1) is 28.9. The van der Waals surface area contributed by atoms with Gasteiger partial charge in [-0.15, -0.1) is 0 Å². The Hall–Kier alpha value is -7.28. The number of rotatable bonds is 3. The molecular weight excluding hydrogens is 743 g/mol. The lowest BCUT2D eigenvalue weighted by molar-refractivity contribution is 0.598. The zero-order chi connectivity index (χ0) is 39.5. The van der Waals surface area contributed by atoms with Crippen LogP contribution in [-0.2, 0) is 15.3 Å². The molecule has 0 saturated heterocycles. The molecule has 6 heteroatoms. The summed E-state index contributed by atoms with van der Waals surface area (Å²) in [4.78, 5) is 16.1. The molecule has 59 heavy (non-hydrogen) atoms. The fourth-order valence-electron chi connectivity index (χ4n) is 9.86. The van der Waals surface area contributed by atoms with E-state index in [0.717, 1.165) is 89.0 Å². The molecule has 1 atom stereocenters. The van der Waals surface area contributed by atoms with Gasteiger partial charge in [0, 0.05) is 27.8 Å². The Kier molecular flexibility index (Phi) is 7.09. The van der Waals surface area contributed by atoms with E-state index in [2.05, 4.69) is 116 Å². The van der Waals surface area contributed by atoms with Crippen molar-refractivity contribution in [3.8, 4) is 78.7 Å². The van der Waals surface area contributed by atoms with Crippen LogP contribution < -0.4 is 0 Å². The van der Waals surface area contributed by atoms with Crippen LogP contribution in [0.4, 0.5) is 0 Å². The van der Waals surface area contributed by atoms with E-state index in [9.17, 15) is 8.42 Å². The molecule has 1 aliphatic heterocycles. The highest BCUT2D eigenvalue weighted by atomic mass is 32.2. The van der Waals surface area contributed by atoms with Crippen molar-refractivity contribution in [2.24, 2.45) is 0 Å². The van der Waals surface area contributed by atoms with E-state index in [1.165, 1.54) is 0 Å². The minimum atomic E-state index is -3.79. The van der Waals surface area contributed by atoms with Crippen molar-refractivity contribution in [1.29, 1.82) is 0 Å². The molecule has 278 valence electrons. The maximum absolute atomic E-state index is 14.5. The third-order valence-corrected chi connectivity index (χ3v) is 14.2. The minimum absolute atomic E-state index is 0.342. The smallest absolute Gasteiger partial charge is 0.207 e. The van der Waals surface area contributed by atoms with Gasteiger partial charge in [0.1, 0.15) is 0 Å². The normalized spacial score (nSPS) is 15.9. The van der Waals surface area contributed by atoms with Gasteiger partial charge in [-0.05, 0) is 92.9 Å². The average Bonchev–Trinajstić information content (AvgIpc) is 3.66. The summed E-state index contributed by atoms with van der Waals surface area (Å²) in [5.41, 5.74) is 15.0. The molecule has 1 spiro atoms. The highest BCUT2D eigenvalue weighted by Crippen LogP contribution is 2.63. The zero-order valence-electron chi connectivity index (χ0n) is 31.9. The predicted molar refractivity (Wildman–Crippen MR) is 233 cm³/mol. The van der Waals surface area contributed by atoms with Crippen LogP contribution in [0.15, 0.2) is 192 Å². The van der Waals surface area contributed by atoms with Crippen molar-refractivity contribution in [3.63, 3.8) is 0 Å². The molecule has 0 fully saturated rings. The second kappa shape index (κ2) is 12.4. The summed E-state index contributed by atoms with van der Waals surface area (Å²) in [7, 11) is -3.79. The molecule has 2 aliphatic carbocycles. The number of hydrogen-bond donors (Lipinski definition) is 0. The molecule has 12 rings (SSSR count). The molecule has 3 aliphatic rings. The van der Waals surface area contributed by atoms with Gasteiger partial charge in [0.15, 0.2) is 17.5 Å². The van der Waals surface area contributed by atoms with Crippen LogP contribution in [0.5, 0.6) is 0 Å². The van der Waals surface area contributed by atoms with Gasteiger partial charge in [0.05, 0.1) is 15.2 Å². The van der Waals surface area contributed by atoms with Crippen molar-refractivity contribution < 1.29 is 8.42 Å². The highest BCUT2D eigenvalue weighted by molar-refractivity contribution is 7.92. The third-order valence-electron chi connectivity index (χ3n) is 12.4. The van der Waals surface area contributed by atoms with E-state index < -0.39 is 15.3 Å². The van der Waals surface area contributed by atoms with Gasteiger partial charge in [0.2, 0.25) is 9.84 Å². The first-order valence-corrected chi connectivity index (χ1v) is 21.3. The summed E-state index contributed by atoms with van der Waals surface area (Å²) in [6.45, 7) is 2.07. The quantitative estimate of drug-likeness (QED) is 0.179. The Balaban J connectivity index is 1.21. The largest absolute Gasteiger partial charge is 0.218 e. The van der Waals surface area contributed by atoms with Crippen molar-refractivity contribution in [2.75, 3.05) is 0 Å². The molecule has 1 aromatic heterocycles. The second-order valence-corrected chi connectivity index (χ2v) is 17.5. The van der Waals surface area contributed by atoms with Crippen molar-refractivity contribution in [3.05, 3.63) is 210 Å². The number of fused-ring (bicyclic) bond motifs is 15. The van der Waals surface area contributed by atoms with Crippen LogP contribution >= 0.6 is 0 Å². The summed E-state index contributed by atoms with van der Waals surface area (Å²) in [5.74, 6) is 1.73. The van der Waals surface area contributed by atoms with Crippen LogP contribution in [0.25, 0.3) is 78.7 Å². The van der Waals surface area contributed by atoms with Gasteiger partial charge in [-0.1, -0.05) is 157 Å². The molecule has 0 bridgehead atoms. The van der Waals surface area contributed by atoms with E-state index in [1.807, 2.05) is 60.7 Å². The van der Waals surface area contributed by atoms with Gasteiger partial charge < -0.3 is 0 Å². The van der Waals surface area contributed by atoms with Crippen LogP contribution in [0.3, 0.4) is 0 Å². The Morgan fingerprint density at radius 1 is 0.356 bits per heavy atom. The number of nitrogens with zero attached hydrogens (tertiary/aromatic N) is 3. The van der Waals surface area contributed by atoms with Gasteiger partial charge >= 0.3 is 0 Å². The average molecular weight is 776 g/mol. The molecular formula is C53H33N3O2S. The van der Waals surface area contributed by atoms with E-state index in [0.29, 0.717) is 27.3 Å². The fourth-order valence-corrected chi connectivity index (χ4v) is 11.6. The number of sulfone groups is 1. The van der Waals surface area contributed by atoms with Gasteiger partial charge in [0.25, 0.3) is 0 Å². The van der Waals surface area contributed by atoms with Crippen molar-refractivity contribution >= 4 is 9.84 Å². The summed E-state index contributed by atoms with van der Waals surface area (Å²) < 4.78 is 29.0. The molecule has 2 heterocycles. The Morgan fingerprint density at radius 3 is 1.54 bits per heavy atom. The Bertz CT molecular complexity index is 3380. The zero-order valence-corrected chi connectivity index (χ0v) is 32.7. The second-order valence-electron chi connectivity index (χ2n) is 15.6. The number of aromatic nitrogens is 3. The van der Waals surface area contributed by atoms with E-state index >= 15 is 0 Å². The topological polar surface area (TPSA) is 72.8 Å². The summed E-state index contributed by atoms with van der Waals surface area (Å²) >= 11 is 0. The molecule has 0 N–H and O–H groups in total. The first-order valence-electron chi connectivity index (χ1n) is 19.8. The SMILES string of the molecule is Cc1cccc(-c2nc(-c3ccccc3)nc(-c3ccc4c(c3)C3(c5ccccc5-c5ccccc5-4)c4ccccc4-c4cc5c(cc43)S(=O)(=O)c3ccccc3-5)n2)c1. The van der Waals surface area contributed by atoms with E-state index in [1.54, 1.807) is 12.1 Å². The predicted octanol–water partition coefficient (Wildman–Crippen LogP) is 12.0. The molecule has 0 amide bonds. The van der Waals surface area contributed by atoms with Crippen molar-refractivity contribution in [1.82, 2.24) is 15.0 Å². The molecule has 0 radical (unpaired) electrons. The highest BCUT2D eigenvalue weighted by Gasteiger charge is 2.51. The summed E-state index contributed by atoms with van der Waals surface area (Å²) in [6.07, 6.45) is 0. The lowest BCUT2D eigenvalue weighted by Gasteiger charge is -2.35. The molecule has 5 nitrogen and oxygen atoms in total. The van der Waals surface area contributed by atoms with Gasteiger partial charge in [-0.25, -0.2) is 23.4 Å². The Morgan fingerprint density at radius 2 is 0.864 bits per heavy atom. The van der Waals surface area contributed by atoms with Crippen LogP contribution in [0.1, 0.15) is 27.8 Å². The Labute approximate surface area is 342 Å². The van der Waals surface area contributed by atoms with Gasteiger partial charge in [-0.2, -0.15) is 0 Å². The molecule has 9 aromatic rings. The summed E-state index contributed by atoms with van der Waals surface area (Å²) in [5, 5.41) is 0. The van der Waals surface area contributed by atoms with Gasteiger partial charge in [-0.3, -0.25) is 0 Å². The number of aryl methyl sites for hydroxylation is 1. The van der Waals surface area contributed by atoms with Crippen LogP contribution in [-0.4, -0.2) is 23.4 Å². The fraction of sp³-hybridized carbons (Fsp3) is 0.0377. The summed E-state index contributed by atoms with van der Waals surface area (Å²) in [6, 6.07) is 62.1. The van der Waals surface area contributed by atoms with Crippen LogP contribution in [0.2, 0.25) is 0 Å². The first kappa shape index (κ1) is 33.8. The molecule has 1 unspecified atom stereocenters. The van der Waals surface area contributed by atoms with E-state index in [-0.39, 0.29) is 0 Å². The molecule has 8 aromatic carbocycles. The monoisotopic (exact) mass is 775 g/mol. The lowest BCUT2D eigenvalue weighted by Crippen LogP contribution is -2.29. The maximum atomic E-state index is 14.5. The molecule has 0 saturated carbocycles.